The molecule has 1 heterocycles. The normalized spacial score (nSPS) is 15.5. The fourth-order valence-electron chi connectivity index (χ4n) is 2.44. The number of pyridine rings is 1. The van der Waals surface area contributed by atoms with E-state index in [2.05, 4.69) is 4.98 Å². The van der Waals surface area contributed by atoms with Crippen molar-refractivity contribution in [3.63, 3.8) is 0 Å². The van der Waals surface area contributed by atoms with Crippen LogP contribution in [0.5, 0.6) is 0 Å². The third-order valence-electron chi connectivity index (χ3n) is 3.77. The minimum atomic E-state index is -0.594. The summed E-state index contributed by atoms with van der Waals surface area (Å²) in [5, 5.41) is 0. The van der Waals surface area contributed by atoms with Crippen molar-refractivity contribution in [2.45, 2.75) is 31.5 Å². The van der Waals surface area contributed by atoms with Crippen molar-refractivity contribution < 1.29 is 4.79 Å². The minimum Gasteiger partial charge on any atom is -0.334 e. The number of amides is 1. The van der Waals surface area contributed by atoms with Gasteiger partial charge in [-0.15, -0.1) is 0 Å². The largest absolute Gasteiger partial charge is 0.334 e. The lowest BCUT2D eigenvalue weighted by molar-refractivity contribution is -0.134. The van der Waals surface area contributed by atoms with Gasteiger partial charge in [0.05, 0.1) is 0 Å². The summed E-state index contributed by atoms with van der Waals surface area (Å²) in [4.78, 5) is 18.7. The van der Waals surface area contributed by atoms with Crippen LogP contribution in [0, 0.1) is 0 Å². The highest BCUT2D eigenvalue weighted by Crippen LogP contribution is 2.30. The third-order valence-corrected chi connectivity index (χ3v) is 3.77. The number of rotatable bonds is 5. The lowest BCUT2D eigenvalue weighted by atomic mass is 10.1. The van der Waals surface area contributed by atoms with E-state index in [4.69, 9.17) is 5.73 Å². The van der Waals surface area contributed by atoms with E-state index >= 15 is 0 Å². The standard InChI is InChI=1S/C17H19N3O/c18-16(14-6-2-1-3-7-14)17(21)20(15-8-9-15)12-13-5-4-10-19-11-13/h1-7,10-11,15-16H,8-9,12,18H2/t16-/m1/s1. The number of aromatic nitrogens is 1. The van der Waals surface area contributed by atoms with Gasteiger partial charge in [-0.3, -0.25) is 9.78 Å². The molecule has 21 heavy (non-hydrogen) atoms. The van der Waals surface area contributed by atoms with Crippen LogP contribution in [-0.4, -0.2) is 21.8 Å². The van der Waals surface area contributed by atoms with E-state index in [1.807, 2.05) is 47.4 Å². The van der Waals surface area contributed by atoms with Gasteiger partial charge in [0.25, 0.3) is 0 Å². The predicted octanol–water partition coefficient (Wildman–Crippen LogP) is 2.27. The van der Waals surface area contributed by atoms with E-state index in [0.717, 1.165) is 24.0 Å². The first-order valence-corrected chi connectivity index (χ1v) is 7.25. The fourth-order valence-corrected chi connectivity index (χ4v) is 2.44. The van der Waals surface area contributed by atoms with Gasteiger partial charge in [-0.25, -0.2) is 0 Å². The van der Waals surface area contributed by atoms with Crippen LogP contribution in [0.2, 0.25) is 0 Å². The molecule has 1 aromatic heterocycles. The number of nitrogens with zero attached hydrogens (tertiary/aromatic N) is 2. The van der Waals surface area contributed by atoms with Crippen molar-refractivity contribution in [2.75, 3.05) is 0 Å². The molecule has 1 fully saturated rings. The van der Waals surface area contributed by atoms with Crippen LogP contribution in [0.15, 0.2) is 54.9 Å². The summed E-state index contributed by atoms with van der Waals surface area (Å²) in [7, 11) is 0. The Labute approximate surface area is 124 Å². The van der Waals surface area contributed by atoms with Crippen LogP contribution in [-0.2, 0) is 11.3 Å². The van der Waals surface area contributed by atoms with E-state index in [-0.39, 0.29) is 5.91 Å². The summed E-state index contributed by atoms with van der Waals surface area (Å²) in [6.07, 6.45) is 5.67. The molecule has 4 heteroatoms. The average Bonchev–Trinajstić information content (AvgIpc) is 3.38. The van der Waals surface area contributed by atoms with Crippen molar-refractivity contribution in [1.29, 1.82) is 0 Å². The van der Waals surface area contributed by atoms with Crippen molar-refractivity contribution in [3.05, 3.63) is 66.0 Å². The first kappa shape index (κ1) is 13.8. The topological polar surface area (TPSA) is 59.2 Å². The molecule has 0 radical (unpaired) electrons. The second-order valence-corrected chi connectivity index (χ2v) is 5.45. The Hall–Kier alpha value is -2.20. The highest BCUT2D eigenvalue weighted by atomic mass is 16.2. The molecule has 1 atom stereocenters. The number of hydrogen-bond donors (Lipinski definition) is 1. The molecule has 3 rings (SSSR count). The second kappa shape index (κ2) is 6.06. The van der Waals surface area contributed by atoms with Gasteiger partial charge in [-0.05, 0) is 30.0 Å². The highest BCUT2D eigenvalue weighted by molar-refractivity contribution is 5.83. The van der Waals surface area contributed by atoms with Crippen LogP contribution in [0.25, 0.3) is 0 Å². The lowest BCUT2D eigenvalue weighted by Crippen LogP contribution is -2.39. The summed E-state index contributed by atoms with van der Waals surface area (Å²) in [5.74, 6) is -0.00690. The number of hydrogen-bond acceptors (Lipinski definition) is 3. The van der Waals surface area contributed by atoms with Gasteiger partial charge in [0.2, 0.25) is 5.91 Å². The summed E-state index contributed by atoms with van der Waals surface area (Å²) in [5.41, 5.74) is 8.05. The summed E-state index contributed by atoms with van der Waals surface area (Å²) >= 11 is 0. The second-order valence-electron chi connectivity index (χ2n) is 5.45. The molecule has 1 aliphatic carbocycles. The molecule has 1 aromatic carbocycles. The number of carbonyl (C=O) groups is 1. The van der Waals surface area contributed by atoms with Crippen molar-refractivity contribution in [3.8, 4) is 0 Å². The van der Waals surface area contributed by atoms with Gasteiger partial charge in [-0.2, -0.15) is 0 Å². The van der Waals surface area contributed by atoms with Crippen LogP contribution >= 0.6 is 0 Å². The van der Waals surface area contributed by atoms with Crippen molar-refractivity contribution in [2.24, 2.45) is 5.73 Å². The van der Waals surface area contributed by atoms with Gasteiger partial charge in [0, 0.05) is 25.0 Å². The molecule has 2 N–H and O–H groups in total. The monoisotopic (exact) mass is 281 g/mol. The average molecular weight is 281 g/mol. The first-order chi connectivity index (χ1) is 10.3. The van der Waals surface area contributed by atoms with E-state index in [1.165, 1.54) is 0 Å². The van der Waals surface area contributed by atoms with Crippen LogP contribution in [0.3, 0.4) is 0 Å². The molecular formula is C17H19N3O. The minimum absolute atomic E-state index is 0.00690. The molecule has 0 saturated heterocycles. The Kier molecular flexibility index (Phi) is 3.97. The predicted molar refractivity (Wildman–Crippen MR) is 81.2 cm³/mol. The fraction of sp³-hybridized carbons (Fsp3) is 0.294. The van der Waals surface area contributed by atoms with Gasteiger partial charge in [-0.1, -0.05) is 36.4 Å². The Bertz CT molecular complexity index is 596. The Morgan fingerprint density at radius 3 is 2.62 bits per heavy atom. The SMILES string of the molecule is N[C@@H](C(=O)N(Cc1cccnc1)C1CC1)c1ccccc1. The smallest absolute Gasteiger partial charge is 0.244 e. The highest BCUT2D eigenvalue weighted by Gasteiger charge is 2.35. The first-order valence-electron chi connectivity index (χ1n) is 7.25. The van der Waals surface area contributed by atoms with Crippen LogP contribution in [0.4, 0.5) is 0 Å². The zero-order valence-corrected chi connectivity index (χ0v) is 11.9. The summed E-state index contributed by atoms with van der Waals surface area (Å²) < 4.78 is 0. The molecule has 0 unspecified atom stereocenters. The van der Waals surface area contributed by atoms with E-state index in [1.54, 1.807) is 12.4 Å². The number of carbonyl (C=O) groups excluding carboxylic acids is 1. The zero-order chi connectivity index (χ0) is 14.7. The van der Waals surface area contributed by atoms with Gasteiger partial charge in [0.1, 0.15) is 6.04 Å². The number of nitrogens with two attached hydrogens (primary N) is 1. The van der Waals surface area contributed by atoms with Gasteiger partial charge < -0.3 is 10.6 Å². The summed E-state index contributed by atoms with van der Waals surface area (Å²) in [6.45, 7) is 0.581. The molecule has 0 aliphatic heterocycles. The molecule has 4 nitrogen and oxygen atoms in total. The molecule has 1 saturated carbocycles. The van der Waals surface area contributed by atoms with Crippen LogP contribution in [0.1, 0.15) is 30.0 Å². The van der Waals surface area contributed by atoms with Crippen LogP contribution < -0.4 is 5.73 Å². The molecule has 1 aliphatic rings. The lowest BCUT2D eigenvalue weighted by Gasteiger charge is -2.26. The maximum absolute atomic E-state index is 12.7. The molecule has 1 amide bonds. The maximum atomic E-state index is 12.7. The zero-order valence-electron chi connectivity index (χ0n) is 11.9. The molecule has 0 bridgehead atoms. The number of benzene rings is 1. The molecule has 0 spiro atoms. The molecule has 108 valence electrons. The van der Waals surface area contributed by atoms with E-state index < -0.39 is 6.04 Å². The Balaban J connectivity index is 1.76. The Morgan fingerprint density at radius 1 is 1.24 bits per heavy atom. The summed E-state index contributed by atoms with van der Waals surface area (Å²) in [6, 6.07) is 13.2. The van der Waals surface area contributed by atoms with E-state index in [0.29, 0.717) is 12.6 Å². The molecule has 2 aromatic rings. The van der Waals surface area contributed by atoms with E-state index in [9.17, 15) is 4.79 Å². The van der Waals surface area contributed by atoms with Crippen molar-refractivity contribution in [1.82, 2.24) is 9.88 Å². The van der Waals surface area contributed by atoms with Crippen molar-refractivity contribution >= 4 is 5.91 Å². The van der Waals surface area contributed by atoms with Gasteiger partial charge >= 0.3 is 0 Å². The quantitative estimate of drug-likeness (QED) is 0.914. The Morgan fingerprint density at radius 2 is 2.00 bits per heavy atom. The third kappa shape index (κ3) is 3.28. The van der Waals surface area contributed by atoms with Gasteiger partial charge in [0.15, 0.2) is 0 Å². The molecular weight excluding hydrogens is 262 g/mol. The maximum Gasteiger partial charge on any atom is 0.244 e.